The third-order valence-corrected chi connectivity index (χ3v) is 21.1. The highest BCUT2D eigenvalue weighted by atomic mass is 28.3. The summed E-state index contributed by atoms with van der Waals surface area (Å²) in [5, 5.41) is 5.35. The van der Waals surface area contributed by atoms with Crippen LogP contribution in [-0.2, 0) is 16.2 Å². The number of anilines is 7. The molecule has 3 aliphatic rings. The van der Waals surface area contributed by atoms with Crippen molar-refractivity contribution in [2.75, 3.05) is 21.4 Å². The molecule has 384 valence electrons. The number of ether oxygens (including phenoxy) is 1. The predicted octanol–water partition coefficient (Wildman–Crippen LogP) is 16.5. The third kappa shape index (κ3) is 8.07. The number of nitrogens with zero attached hydrogens (tertiary/aromatic N) is 4. The van der Waals surface area contributed by atoms with E-state index in [1.165, 1.54) is 48.6 Å². The number of hydrogen-bond acceptors (Lipinski definition) is 5. The summed E-state index contributed by atoms with van der Waals surface area (Å²) in [6.45, 7) is 20.4. The van der Waals surface area contributed by atoms with Crippen molar-refractivity contribution < 1.29 is 11.6 Å². The van der Waals surface area contributed by atoms with E-state index in [0.717, 1.165) is 51.1 Å². The Hall–Kier alpha value is -8.45. The standard InChI is InChI=1S/C72H66N4OSi/c1-70(2,3)50-39-40-73-67(44-50)76-63-35-22-32-60-59-29-16-19-36-65(59)78(69(60)63,56-27-14-11-15-28-56)66-38-37-55(46-64(66)76)77-54-26-20-25-53(45-54)74-47-75(62-34-18-17-33-61(62)74)68-57(48-23-12-10-13-24-48)30-21-31-58(68)49-41-51(71(4,5)6)43-52(42-49)72(7,8)9/h10-46H,47H2,1-9H3/i10D,12D,13D,23D,24D. The first kappa shape index (κ1) is 43.6. The van der Waals surface area contributed by atoms with Gasteiger partial charge in [0.25, 0.3) is 0 Å². The van der Waals surface area contributed by atoms with Gasteiger partial charge in [0.05, 0.1) is 29.6 Å². The minimum Gasteiger partial charge on any atom is -0.457 e. The average Bonchev–Trinajstić information content (AvgIpc) is 1.69. The molecule has 0 saturated heterocycles. The second-order valence-corrected chi connectivity index (χ2v) is 27.8. The minimum atomic E-state index is -2.91. The molecule has 0 amide bonds. The third-order valence-electron chi connectivity index (χ3n) is 16.1. The van der Waals surface area contributed by atoms with E-state index in [-0.39, 0.29) is 46.0 Å². The summed E-state index contributed by atoms with van der Waals surface area (Å²) in [5.74, 6) is 2.20. The van der Waals surface area contributed by atoms with Gasteiger partial charge >= 0.3 is 0 Å². The van der Waals surface area contributed by atoms with Crippen molar-refractivity contribution in [3.63, 3.8) is 0 Å². The highest BCUT2D eigenvalue weighted by Crippen LogP contribution is 2.52. The number of pyridine rings is 1. The summed E-state index contributed by atoms with van der Waals surface area (Å²) in [4.78, 5) is 12.0. The Morgan fingerprint density at radius 3 is 1.79 bits per heavy atom. The van der Waals surface area contributed by atoms with Crippen LogP contribution < -0.4 is 40.2 Å². The molecule has 10 aromatic rings. The maximum absolute atomic E-state index is 9.33. The number of fused-ring (bicyclic) bond motifs is 6. The van der Waals surface area contributed by atoms with Crippen LogP contribution in [0.5, 0.6) is 11.5 Å². The van der Waals surface area contributed by atoms with Crippen molar-refractivity contribution in [3.05, 3.63) is 241 Å². The molecule has 6 heteroatoms. The Labute approximate surface area is 469 Å². The lowest BCUT2D eigenvalue weighted by atomic mass is 9.78. The van der Waals surface area contributed by atoms with Crippen LogP contribution in [0.25, 0.3) is 33.4 Å². The highest BCUT2D eigenvalue weighted by Gasteiger charge is 2.55. The molecular weight excluding hydrogens is 965 g/mol. The van der Waals surface area contributed by atoms with Crippen molar-refractivity contribution in [3.8, 4) is 44.9 Å². The lowest BCUT2D eigenvalue weighted by Crippen LogP contribution is -2.75. The van der Waals surface area contributed by atoms with E-state index >= 15 is 0 Å². The molecule has 0 radical (unpaired) electrons. The first-order valence-electron chi connectivity index (χ1n) is 29.6. The lowest BCUT2D eigenvalue weighted by Gasteiger charge is -2.43. The Balaban J connectivity index is 0.950. The van der Waals surface area contributed by atoms with Gasteiger partial charge in [-0.25, -0.2) is 4.98 Å². The van der Waals surface area contributed by atoms with Crippen molar-refractivity contribution in [2.24, 2.45) is 0 Å². The fraction of sp³-hybridized carbons (Fsp3) is 0.181. The van der Waals surface area contributed by atoms with Gasteiger partial charge in [0.15, 0.2) is 8.07 Å². The average molecular weight is 1040 g/mol. The number of rotatable bonds is 8. The monoisotopic (exact) mass is 1040 g/mol. The van der Waals surface area contributed by atoms with Crippen molar-refractivity contribution in [1.82, 2.24) is 4.98 Å². The molecule has 3 aliphatic heterocycles. The molecule has 1 unspecified atom stereocenters. The quantitative estimate of drug-likeness (QED) is 0.142. The Morgan fingerprint density at radius 2 is 1.06 bits per heavy atom. The smallest absolute Gasteiger partial charge is 0.185 e. The summed E-state index contributed by atoms with van der Waals surface area (Å²) >= 11 is 0. The van der Waals surface area contributed by atoms with Crippen molar-refractivity contribution >= 4 is 68.8 Å². The fourth-order valence-corrected chi connectivity index (χ4v) is 17.7. The van der Waals surface area contributed by atoms with Gasteiger partial charge in [0.1, 0.15) is 24.0 Å². The van der Waals surface area contributed by atoms with Crippen LogP contribution in [0.4, 0.5) is 39.9 Å². The van der Waals surface area contributed by atoms with Gasteiger partial charge in [-0.15, -0.1) is 0 Å². The molecule has 9 aromatic carbocycles. The van der Waals surface area contributed by atoms with Gasteiger partial charge in [-0.2, -0.15) is 0 Å². The normalized spacial score (nSPS) is 16.3. The van der Waals surface area contributed by atoms with E-state index < -0.39 is 14.1 Å². The number of benzene rings is 9. The highest BCUT2D eigenvalue weighted by molar-refractivity contribution is 7.23. The molecule has 1 atom stereocenters. The van der Waals surface area contributed by atoms with Gasteiger partial charge < -0.3 is 14.5 Å². The molecule has 0 saturated carbocycles. The summed E-state index contributed by atoms with van der Waals surface area (Å²) in [6.07, 6.45) is 1.94. The van der Waals surface area contributed by atoms with E-state index in [1.807, 2.05) is 42.6 Å². The topological polar surface area (TPSA) is 31.8 Å². The molecule has 0 bridgehead atoms. The molecule has 1 aromatic heterocycles. The lowest BCUT2D eigenvalue weighted by molar-refractivity contribution is 0.483. The van der Waals surface area contributed by atoms with Crippen LogP contribution in [0.15, 0.2) is 224 Å². The van der Waals surface area contributed by atoms with Crippen molar-refractivity contribution in [2.45, 2.75) is 78.6 Å². The number of hydrogen-bond donors (Lipinski definition) is 0. The number of para-hydroxylation sites is 3. The maximum Gasteiger partial charge on any atom is 0.185 e. The first-order chi connectivity index (χ1) is 39.6. The van der Waals surface area contributed by atoms with Crippen LogP contribution in [0.3, 0.4) is 0 Å². The van der Waals surface area contributed by atoms with Gasteiger partial charge in [-0.05, 0) is 124 Å². The molecule has 0 fully saturated rings. The van der Waals surface area contributed by atoms with Crippen LogP contribution >= 0.6 is 0 Å². The molecule has 13 rings (SSSR count). The maximum atomic E-state index is 9.33. The molecule has 0 spiro atoms. The van der Waals surface area contributed by atoms with Crippen LogP contribution in [0, 0.1) is 0 Å². The summed E-state index contributed by atoms with van der Waals surface area (Å²) in [6, 6.07) is 65.5. The Bertz CT molecular complexity index is 4220. The van der Waals surface area contributed by atoms with Crippen LogP contribution in [0.2, 0.25) is 0 Å². The van der Waals surface area contributed by atoms with E-state index in [0.29, 0.717) is 23.7 Å². The van der Waals surface area contributed by atoms with Gasteiger partial charge in [-0.3, -0.25) is 4.90 Å². The Kier molecular flexibility index (Phi) is 10.3. The molecule has 0 aliphatic carbocycles. The zero-order valence-electron chi connectivity index (χ0n) is 50.9. The second-order valence-electron chi connectivity index (χ2n) is 24.1. The van der Waals surface area contributed by atoms with Crippen LogP contribution in [0.1, 0.15) is 85.9 Å². The summed E-state index contributed by atoms with van der Waals surface area (Å²) in [5.41, 5.74) is 13.9. The van der Waals surface area contributed by atoms with E-state index in [1.54, 1.807) is 0 Å². The van der Waals surface area contributed by atoms with Gasteiger partial charge in [0.2, 0.25) is 0 Å². The molecule has 5 nitrogen and oxygen atoms in total. The van der Waals surface area contributed by atoms with E-state index in [4.69, 9.17) is 13.8 Å². The zero-order valence-corrected chi connectivity index (χ0v) is 46.9. The summed E-state index contributed by atoms with van der Waals surface area (Å²) in [7, 11) is -2.91. The molecule has 0 N–H and O–H groups in total. The zero-order chi connectivity index (χ0) is 58.1. The molecule has 4 heterocycles. The molecular formula is C72H66N4OSi. The van der Waals surface area contributed by atoms with E-state index in [2.05, 4.69) is 229 Å². The molecule has 78 heavy (non-hydrogen) atoms. The van der Waals surface area contributed by atoms with Gasteiger partial charge in [0, 0.05) is 40.8 Å². The largest absolute Gasteiger partial charge is 0.457 e. The first-order valence-corrected chi connectivity index (χ1v) is 29.1. The van der Waals surface area contributed by atoms with Crippen LogP contribution in [-0.4, -0.2) is 19.7 Å². The minimum absolute atomic E-state index is 0.110. The SMILES string of the molecule is [2H]c1c([2H])c([2H])c(-c2cccc(-c3cc(C(C)(C)C)cc(C(C)(C)C)c3)c2N2CN(c3cccc(Oc4ccc5c(c4)N(c4cc(C(C)(C)C)ccn4)c4cccc6c4[Si]5(c4ccccc4)c4ccccc4-6)c3)c3ccccc32)c([2H])c1[2H]. The predicted molar refractivity (Wildman–Crippen MR) is 331 cm³/mol. The van der Waals surface area contributed by atoms with E-state index in [9.17, 15) is 2.74 Å². The van der Waals surface area contributed by atoms with Gasteiger partial charge in [-0.1, -0.05) is 220 Å². The number of aromatic nitrogens is 1. The Morgan fingerprint density at radius 1 is 0.462 bits per heavy atom. The second kappa shape index (κ2) is 18.4. The van der Waals surface area contributed by atoms with Crippen molar-refractivity contribution in [1.29, 1.82) is 0 Å². The fourth-order valence-electron chi connectivity index (χ4n) is 12.2. The summed E-state index contributed by atoms with van der Waals surface area (Å²) < 4.78 is 52.0.